The van der Waals surface area contributed by atoms with Crippen molar-refractivity contribution in [2.24, 2.45) is 10.7 Å². The number of halogens is 2. The molecule has 0 aliphatic carbocycles. The summed E-state index contributed by atoms with van der Waals surface area (Å²) in [7, 11) is 0. The van der Waals surface area contributed by atoms with Crippen LogP contribution in [-0.4, -0.2) is 31.0 Å². The van der Waals surface area contributed by atoms with Crippen molar-refractivity contribution in [1.29, 1.82) is 0 Å². The van der Waals surface area contributed by atoms with Crippen molar-refractivity contribution in [2.75, 3.05) is 13.2 Å². The van der Waals surface area contributed by atoms with Gasteiger partial charge in [-0.05, 0) is 13.0 Å². The van der Waals surface area contributed by atoms with Crippen LogP contribution in [0.25, 0.3) is 0 Å². The minimum Gasteiger partial charge on any atom is -0.458 e. The van der Waals surface area contributed by atoms with E-state index in [1.807, 2.05) is 0 Å². The molecule has 2 N–H and O–H groups in total. The van der Waals surface area contributed by atoms with E-state index >= 15 is 4.39 Å². The van der Waals surface area contributed by atoms with Crippen molar-refractivity contribution >= 4 is 6.02 Å². The van der Waals surface area contributed by atoms with Crippen LogP contribution in [-0.2, 0) is 15.0 Å². The number of amidine groups is 1. The fourth-order valence-corrected chi connectivity index (χ4v) is 2.96. The lowest BCUT2D eigenvalue weighted by atomic mass is 9.72. The number of hydrogen-bond acceptors (Lipinski definition) is 4. The van der Waals surface area contributed by atoms with Gasteiger partial charge < -0.3 is 15.2 Å². The molecule has 2 heterocycles. The first-order valence-electron chi connectivity index (χ1n) is 6.51. The van der Waals surface area contributed by atoms with Crippen LogP contribution in [0.1, 0.15) is 18.9 Å². The van der Waals surface area contributed by atoms with Gasteiger partial charge in [0.05, 0.1) is 13.2 Å². The highest BCUT2D eigenvalue weighted by Gasteiger charge is 2.61. The van der Waals surface area contributed by atoms with E-state index in [1.54, 1.807) is 12.1 Å². The second kappa shape index (κ2) is 4.41. The predicted octanol–water partition coefficient (Wildman–Crippen LogP) is 1.88. The quantitative estimate of drug-likeness (QED) is 0.855. The molecule has 3 atom stereocenters. The van der Waals surface area contributed by atoms with Crippen molar-refractivity contribution in [3.8, 4) is 0 Å². The number of hydrogen-bond donors (Lipinski definition) is 1. The Hall–Kier alpha value is -1.69. The minimum absolute atomic E-state index is 0.115. The van der Waals surface area contributed by atoms with Gasteiger partial charge in [0.1, 0.15) is 17.5 Å². The maximum absolute atomic E-state index is 15.5. The number of aliphatic imine (C=N–C) groups is 1. The van der Waals surface area contributed by atoms with E-state index in [0.717, 1.165) is 0 Å². The third-order valence-corrected chi connectivity index (χ3v) is 4.15. The number of rotatable bonds is 1. The van der Waals surface area contributed by atoms with E-state index in [2.05, 4.69) is 4.99 Å². The number of alkyl halides is 1. The molecule has 2 aliphatic rings. The Morgan fingerprint density at radius 1 is 1.40 bits per heavy atom. The van der Waals surface area contributed by atoms with Gasteiger partial charge >= 0.3 is 0 Å². The normalized spacial score (nSPS) is 36.8. The van der Waals surface area contributed by atoms with Crippen molar-refractivity contribution in [1.82, 2.24) is 0 Å². The van der Waals surface area contributed by atoms with Gasteiger partial charge in [0.2, 0.25) is 0 Å². The van der Waals surface area contributed by atoms with Crippen LogP contribution in [0.3, 0.4) is 0 Å². The maximum Gasteiger partial charge on any atom is 0.283 e. The monoisotopic (exact) mass is 282 g/mol. The minimum atomic E-state index is -1.95. The summed E-state index contributed by atoms with van der Waals surface area (Å²) in [6.45, 7) is 1.72. The van der Waals surface area contributed by atoms with E-state index in [4.69, 9.17) is 15.2 Å². The zero-order valence-corrected chi connectivity index (χ0v) is 11.1. The number of benzene rings is 1. The number of nitrogens with zero attached hydrogens (tertiary/aromatic N) is 1. The molecule has 0 spiro atoms. The molecule has 2 unspecified atom stereocenters. The van der Waals surface area contributed by atoms with Crippen LogP contribution in [0.5, 0.6) is 0 Å². The maximum atomic E-state index is 15.5. The first kappa shape index (κ1) is 13.3. The molecule has 6 heteroatoms. The number of nitrogens with two attached hydrogens (primary N) is 1. The Labute approximate surface area is 115 Å². The van der Waals surface area contributed by atoms with E-state index in [0.29, 0.717) is 13.0 Å². The molecule has 0 aromatic heterocycles. The summed E-state index contributed by atoms with van der Waals surface area (Å²) >= 11 is 0. The molecule has 4 nitrogen and oxygen atoms in total. The molecular formula is C14H16F2N2O2. The van der Waals surface area contributed by atoms with Gasteiger partial charge in [-0.3, -0.25) is 0 Å². The van der Waals surface area contributed by atoms with Gasteiger partial charge in [0, 0.05) is 12.0 Å². The van der Waals surface area contributed by atoms with Gasteiger partial charge in [-0.1, -0.05) is 18.2 Å². The zero-order valence-electron chi connectivity index (χ0n) is 11.1. The van der Waals surface area contributed by atoms with Crippen LogP contribution in [0.2, 0.25) is 0 Å². The summed E-state index contributed by atoms with van der Waals surface area (Å²) in [5.74, 6) is -0.519. The highest BCUT2D eigenvalue weighted by atomic mass is 19.1. The van der Waals surface area contributed by atoms with E-state index < -0.39 is 23.1 Å². The van der Waals surface area contributed by atoms with Crippen molar-refractivity contribution in [3.63, 3.8) is 0 Å². The molecule has 20 heavy (non-hydrogen) atoms. The predicted molar refractivity (Wildman–Crippen MR) is 69.5 cm³/mol. The fraction of sp³-hybridized carbons (Fsp3) is 0.500. The molecular weight excluding hydrogens is 266 g/mol. The molecule has 1 fully saturated rings. The van der Waals surface area contributed by atoms with Crippen molar-refractivity contribution in [3.05, 3.63) is 35.6 Å². The standard InChI is InChI=1S/C14H16F2N2O2/c1-13(9-4-2-3-5-10(9)15)14(16)8-19-7-6-11(14)20-12(17)18-13/h2-5,11H,6-8H2,1H3,(H2,17,18)/t11?,13-,14?/m1/s1. The van der Waals surface area contributed by atoms with E-state index in [-0.39, 0.29) is 18.2 Å². The Morgan fingerprint density at radius 3 is 2.90 bits per heavy atom. The highest BCUT2D eigenvalue weighted by molar-refractivity contribution is 5.74. The summed E-state index contributed by atoms with van der Waals surface area (Å²) in [6.07, 6.45) is -0.421. The lowest BCUT2D eigenvalue weighted by Crippen LogP contribution is -2.64. The Bertz CT molecular complexity index is 566. The summed E-state index contributed by atoms with van der Waals surface area (Å²) < 4.78 is 40.2. The van der Waals surface area contributed by atoms with E-state index in [9.17, 15) is 4.39 Å². The lowest BCUT2D eigenvalue weighted by molar-refractivity contribution is -0.155. The molecule has 1 aromatic rings. The third kappa shape index (κ3) is 1.71. The highest BCUT2D eigenvalue weighted by Crippen LogP contribution is 2.48. The van der Waals surface area contributed by atoms with Crippen LogP contribution >= 0.6 is 0 Å². The van der Waals surface area contributed by atoms with Crippen molar-refractivity contribution in [2.45, 2.75) is 30.7 Å². The average molecular weight is 282 g/mol. The Morgan fingerprint density at radius 2 is 2.15 bits per heavy atom. The summed E-state index contributed by atoms with van der Waals surface area (Å²) in [5.41, 5.74) is 2.40. The topological polar surface area (TPSA) is 56.8 Å². The van der Waals surface area contributed by atoms with Crippen LogP contribution in [0.4, 0.5) is 8.78 Å². The smallest absolute Gasteiger partial charge is 0.283 e. The van der Waals surface area contributed by atoms with E-state index in [1.165, 1.54) is 19.1 Å². The van der Waals surface area contributed by atoms with Crippen molar-refractivity contribution < 1.29 is 18.3 Å². The van der Waals surface area contributed by atoms with Gasteiger partial charge in [-0.2, -0.15) is 0 Å². The second-order valence-electron chi connectivity index (χ2n) is 5.31. The van der Waals surface area contributed by atoms with Gasteiger partial charge in [0.25, 0.3) is 6.02 Å². The largest absolute Gasteiger partial charge is 0.458 e. The fourth-order valence-electron chi connectivity index (χ4n) is 2.96. The van der Waals surface area contributed by atoms with Gasteiger partial charge in [-0.25, -0.2) is 13.8 Å². The number of fused-ring (bicyclic) bond motifs is 1. The zero-order chi connectivity index (χ0) is 14.4. The van der Waals surface area contributed by atoms with Gasteiger partial charge in [0.15, 0.2) is 5.67 Å². The third-order valence-electron chi connectivity index (χ3n) is 4.15. The first-order valence-corrected chi connectivity index (χ1v) is 6.51. The van der Waals surface area contributed by atoms with Crippen LogP contribution in [0, 0.1) is 5.82 Å². The van der Waals surface area contributed by atoms with Crippen LogP contribution in [0.15, 0.2) is 29.3 Å². The average Bonchev–Trinajstić information content (AvgIpc) is 2.40. The summed E-state index contributed by atoms with van der Waals surface area (Å²) in [4.78, 5) is 4.08. The van der Waals surface area contributed by atoms with Crippen LogP contribution < -0.4 is 5.73 Å². The molecule has 108 valence electrons. The molecule has 0 saturated carbocycles. The molecule has 1 aromatic carbocycles. The molecule has 0 amide bonds. The second-order valence-corrected chi connectivity index (χ2v) is 5.31. The molecule has 0 radical (unpaired) electrons. The first-order chi connectivity index (χ1) is 9.47. The SMILES string of the molecule is C[C@]1(c2ccccc2F)N=C(N)OC2CCOCC21F. The Balaban J connectivity index is 2.18. The summed E-state index contributed by atoms with van der Waals surface area (Å²) in [5, 5.41) is 0. The molecule has 0 bridgehead atoms. The summed E-state index contributed by atoms with van der Waals surface area (Å²) in [6, 6.07) is 5.88. The Kier molecular flexibility index (Phi) is 2.93. The number of ether oxygens (including phenoxy) is 2. The molecule has 2 aliphatic heterocycles. The van der Waals surface area contributed by atoms with Gasteiger partial charge in [-0.15, -0.1) is 0 Å². The lowest BCUT2D eigenvalue weighted by Gasteiger charge is -2.49. The molecule has 3 rings (SSSR count). The molecule has 1 saturated heterocycles.